The van der Waals surface area contributed by atoms with Crippen molar-refractivity contribution in [3.63, 3.8) is 0 Å². The number of carboxylic acid groups (broad SMARTS) is 2. The summed E-state index contributed by atoms with van der Waals surface area (Å²) in [6, 6.07) is 8.41. The monoisotopic (exact) mass is 694 g/mol. The molecule has 0 spiro atoms. The molecule has 0 radical (unpaired) electrons. The summed E-state index contributed by atoms with van der Waals surface area (Å²) in [7, 11) is 0. The smallest absolute Gasteiger partial charge is 0.305 e. The number of benzene rings is 2. The molecule has 0 unspecified atom stereocenters. The summed E-state index contributed by atoms with van der Waals surface area (Å²) in [6.07, 6.45) is 1.64. The van der Waals surface area contributed by atoms with Crippen LogP contribution in [0.2, 0.25) is 0 Å². The number of carbonyl (C=O) groups is 7. The lowest BCUT2D eigenvalue weighted by atomic mass is 10.0. The highest BCUT2D eigenvalue weighted by Crippen LogP contribution is 2.20. The number of thioether (sulfide) groups is 1. The van der Waals surface area contributed by atoms with Crippen molar-refractivity contribution < 1.29 is 43.8 Å². The number of aromatic amines is 1. The normalized spacial score (nSPS) is 22.5. The molecule has 5 atom stereocenters. The average Bonchev–Trinajstić information content (AvgIpc) is 3.47. The molecule has 0 aliphatic carbocycles. The number of hydrogen-bond acceptors (Lipinski definition) is 8. The summed E-state index contributed by atoms with van der Waals surface area (Å²) in [5.74, 6) is -7.01. The zero-order valence-corrected chi connectivity index (χ0v) is 27.4. The Bertz CT molecular complexity index is 1700. The number of rotatable bonds is 11. The first-order valence-corrected chi connectivity index (χ1v) is 16.9. The molecule has 49 heavy (non-hydrogen) atoms. The molecule has 0 saturated carbocycles. The van der Waals surface area contributed by atoms with Crippen LogP contribution in [-0.4, -0.2) is 98.9 Å². The van der Waals surface area contributed by atoms with E-state index in [0.29, 0.717) is 16.9 Å². The maximum absolute atomic E-state index is 13.9. The third-order valence-electron chi connectivity index (χ3n) is 7.91. The first-order chi connectivity index (χ1) is 23.4. The molecule has 15 nitrogen and oxygen atoms in total. The molecule has 1 aliphatic rings. The summed E-state index contributed by atoms with van der Waals surface area (Å²) in [5.41, 5.74) is 1.99. The predicted octanol–water partition coefficient (Wildman–Crippen LogP) is 0.0932. The number of aliphatic carboxylic acids is 2. The number of H-pyrrole nitrogens is 1. The lowest BCUT2D eigenvalue weighted by molar-refractivity contribution is -0.141. The Kier molecular flexibility index (Phi) is 12.8. The minimum atomic E-state index is -1.68. The number of carbonyl (C=O) groups excluding carboxylic acids is 5. The molecule has 1 fully saturated rings. The number of nitrogens with one attached hydrogen (secondary N) is 6. The van der Waals surface area contributed by atoms with Crippen LogP contribution in [0.5, 0.6) is 0 Å². The Morgan fingerprint density at radius 1 is 0.633 bits per heavy atom. The van der Waals surface area contributed by atoms with E-state index >= 15 is 0 Å². The van der Waals surface area contributed by atoms with Gasteiger partial charge >= 0.3 is 11.9 Å². The average molecular weight is 695 g/mol. The Hall–Kier alpha value is -5.38. The minimum absolute atomic E-state index is 0.0789. The lowest BCUT2D eigenvalue weighted by Gasteiger charge is -2.25. The van der Waals surface area contributed by atoms with E-state index < -0.39 is 84.5 Å². The molecule has 2 aromatic carbocycles. The molecule has 260 valence electrons. The van der Waals surface area contributed by atoms with E-state index in [-0.39, 0.29) is 19.3 Å². The van der Waals surface area contributed by atoms with Gasteiger partial charge in [-0.15, -0.1) is 0 Å². The topological polar surface area (TPSA) is 236 Å². The van der Waals surface area contributed by atoms with E-state index in [0.717, 1.165) is 10.9 Å². The first-order valence-electron chi connectivity index (χ1n) is 15.5. The molecular weight excluding hydrogens is 656 g/mol. The summed E-state index contributed by atoms with van der Waals surface area (Å²) < 4.78 is 0. The maximum atomic E-state index is 13.9. The van der Waals surface area contributed by atoms with Crippen molar-refractivity contribution in [2.45, 2.75) is 62.3 Å². The van der Waals surface area contributed by atoms with Crippen LogP contribution in [0.15, 0.2) is 60.8 Å². The number of carboxylic acids is 2. The van der Waals surface area contributed by atoms with Gasteiger partial charge in [-0.05, 0) is 35.6 Å². The zero-order valence-electron chi connectivity index (χ0n) is 26.6. The third kappa shape index (κ3) is 10.3. The van der Waals surface area contributed by atoms with Crippen LogP contribution >= 0.6 is 11.8 Å². The Morgan fingerprint density at radius 2 is 1.10 bits per heavy atom. The van der Waals surface area contributed by atoms with E-state index in [1.165, 1.54) is 11.8 Å². The van der Waals surface area contributed by atoms with Gasteiger partial charge in [-0.25, -0.2) is 0 Å². The lowest BCUT2D eigenvalue weighted by Crippen LogP contribution is -2.58. The summed E-state index contributed by atoms with van der Waals surface area (Å²) in [5, 5.41) is 32.4. The molecule has 1 saturated heterocycles. The molecule has 16 heteroatoms. The van der Waals surface area contributed by atoms with Crippen molar-refractivity contribution in [3.8, 4) is 0 Å². The van der Waals surface area contributed by atoms with Crippen LogP contribution < -0.4 is 26.6 Å². The Balaban J connectivity index is 1.77. The van der Waals surface area contributed by atoms with Gasteiger partial charge in [-0.1, -0.05) is 48.5 Å². The Morgan fingerprint density at radius 3 is 1.67 bits per heavy atom. The van der Waals surface area contributed by atoms with Crippen molar-refractivity contribution in [3.05, 3.63) is 71.9 Å². The molecule has 4 rings (SSSR count). The fourth-order valence-electron chi connectivity index (χ4n) is 5.42. The predicted molar refractivity (Wildman–Crippen MR) is 179 cm³/mol. The summed E-state index contributed by atoms with van der Waals surface area (Å²) in [6.45, 7) is 0. The zero-order chi connectivity index (χ0) is 35.5. The number of fused-ring (bicyclic) bond motifs is 1. The number of hydrogen-bond donors (Lipinski definition) is 8. The van der Waals surface area contributed by atoms with Crippen LogP contribution in [0.25, 0.3) is 10.9 Å². The molecule has 5 amide bonds. The summed E-state index contributed by atoms with van der Waals surface area (Å²) in [4.78, 5) is 95.0. The highest BCUT2D eigenvalue weighted by molar-refractivity contribution is 7.98. The van der Waals surface area contributed by atoms with Gasteiger partial charge in [0.1, 0.15) is 30.2 Å². The van der Waals surface area contributed by atoms with Gasteiger partial charge in [0.15, 0.2) is 0 Å². The van der Waals surface area contributed by atoms with Crippen LogP contribution in [0.3, 0.4) is 0 Å². The molecule has 2 heterocycles. The van der Waals surface area contributed by atoms with E-state index in [2.05, 4.69) is 31.6 Å². The SMILES string of the molecule is CSCC[C@H]1NC(=O)[C@H](Cc2c[nH]c3ccccc23)NC(=O)[C@H](CC(=O)O)NC(=O)[C@H](Cc2ccccc2)NC(=O)[C@H](CC(=O)O)NC1=O. The number of aromatic nitrogens is 1. The van der Waals surface area contributed by atoms with Crippen molar-refractivity contribution in [2.75, 3.05) is 12.0 Å². The van der Waals surface area contributed by atoms with Crippen LogP contribution in [0.1, 0.15) is 30.4 Å². The van der Waals surface area contributed by atoms with Crippen molar-refractivity contribution >= 4 is 64.1 Å². The Labute approximate surface area is 285 Å². The van der Waals surface area contributed by atoms with Crippen LogP contribution in [0.4, 0.5) is 0 Å². The molecule has 3 aromatic rings. The summed E-state index contributed by atoms with van der Waals surface area (Å²) >= 11 is 1.38. The van der Waals surface area contributed by atoms with E-state index in [4.69, 9.17) is 0 Å². The van der Waals surface area contributed by atoms with Gasteiger partial charge in [0, 0.05) is 29.9 Å². The van der Waals surface area contributed by atoms with Gasteiger partial charge < -0.3 is 41.8 Å². The van der Waals surface area contributed by atoms with E-state index in [1.54, 1.807) is 48.9 Å². The highest BCUT2D eigenvalue weighted by atomic mass is 32.2. The van der Waals surface area contributed by atoms with Gasteiger partial charge in [0.25, 0.3) is 0 Å². The maximum Gasteiger partial charge on any atom is 0.305 e. The molecule has 0 bridgehead atoms. The van der Waals surface area contributed by atoms with Gasteiger partial charge in [-0.2, -0.15) is 11.8 Å². The van der Waals surface area contributed by atoms with E-state index in [1.807, 2.05) is 18.2 Å². The fourth-order valence-corrected chi connectivity index (χ4v) is 5.89. The number of amides is 5. The van der Waals surface area contributed by atoms with Crippen molar-refractivity contribution in [1.82, 2.24) is 31.6 Å². The fraction of sp³-hybridized carbons (Fsp3) is 0.364. The highest BCUT2D eigenvalue weighted by Gasteiger charge is 2.36. The molecule has 8 N–H and O–H groups in total. The van der Waals surface area contributed by atoms with Crippen molar-refractivity contribution in [1.29, 1.82) is 0 Å². The van der Waals surface area contributed by atoms with Gasteiger partial charge in [0.2, 0.25) is 29.5 Å². The quantitative estimate of drug-likeness (QED) is 0.135. The van der Waals surface area contributed by atoms with E-state index in [9.17, 15) is 43.8 Å². The molecular formula is C33H38N6O9S. The van der Waals surface area contributed by atoms with Gasteiger partial charge in [-0.3, -0.25) is 33.6 Å². The standard InChI is InChI=1S/C33H38N6O9S/c1-49-12-11-22-29(44)38-25(15-27(40)41)32(47)36-23(13-18-7-3-2-4-8-18)30(45)39-26(16-28(42)43)33(48)37-24(31(46)35-22)14-19-17-34-21-10-6-5-9-20(19)21/h2-10,17,22-26,34H,11-16H2,1H3,(H,35,46)(H,36,47)(H,37,48)(H,38,44)(H,39,45)(H,40,41)(H,42,43)/t22-,23+,24+,25+,26+/m1/s1. The van der Waals surface area contributed by atoms with Gasteiger partial charge in [0.05, 0.1) is 12.8 Å². The second-order valence-electron chi connectivity index (χ2n) is 11.5. The second kappa shape index (κ2) is 17.1. The molecule has 1 aliphatic heterocycles. The molecule has 1 aromatic heterocycles. The largest absolute Gasteiger partial charge is 0.481 e. The number of para-hydroxylation sites is 1. The first kappa shape index (κ1) is 36.5. The third-order valence-corrected chi connectivity index (χ3v) is 8.56. The van der Waals surface area contributed by atoms with Crippen molar-refractivity contribution in [2.24, 2.45) is 0 Å². The van der Waals surface area contributed by atoms with Crippen LogP contribution in [0, 0.1) is 0 Å². The second-order valence-corrected chi connectivity index (χ2v) is 12.5. The minimum Gasteiger partial charge on any atom is -0.481 e. The van der Waals surface area contributed by atoms with Crippen LogP contribution in [-0.2, 0) is 46.4 Å².